The molecule has 0 aromatic heterocycles. The molecule has 2 aromatic carbocycles. The molecule has 1 aliphatic heterocycles. The van der Waals surface area contributed by atoms with Crippen molar-refractivity contribution in [3.8, 4) is 5.75 Å². The fourth-order valence-corrected chi connectivity index (χ4v) is 2.75. The standard InChI is InChI=1S/C19H19N3O5/c1-11(26-15-4-2-3-13(9-15)18(23)24)16-10-22(19(25)27-16)14-7-5-12(6-8-14)17(20)21/h2-9,11,16H,10H2,1H3,(H3,20,21)(H,23,24). The highest BCUT2D eigenvalue weighted by Gasteiger charge is 2.36. The van der Waals surface area contributed by atoms with Crippen LogP contribution in [0.25, 0.3) is 0 Å². The fraction of sp³-hybridized carbons (Fsp3) is 0.211. The van der Waals surface area contributed by atoms with Crippen LogP contribution in [0.1, 0.15) is 22.8 Å². The zero-order valence-corrected chi connectivity index (χ0v) is 14.6. The number of anilines is 1. The number of nitrogens with zero attached hydrogens (tertiary/aromatic N) is 1. The lowest BCUT2D eigenvalue weighted by Crippen LogP contribution is -2.33. The number of aromatic carboxylic acids is 1. The van der Waals surface area contributed by atoms with Crippen molar-refractivity contribution < 1.29 is 24.2 Å². The molecule has 0 aliphatic carbocycles. The van der Waals surface area contributed by atoms with Gasteiger partial charge in [-0.1, -0.05) is 6.07 Å². The van der Waals surface area contributed by atoms with Crippen LogP contribution in [0, 0.1) is 5.41 Å². The third-order valence-corrected chi connectivity index (χ3v) is 4.25. The summed E-state index contributed by atoms with van der Waals surface area (Å²) in [6.45, 7) is 2.05. The molecule has 0 bridgehead atoms. The molecule has 140 valence electrons. The molecule has 0 saturated carbocycles. The number of hydrogen-bond acceptors (Lipinski definition) is 5. The van der Waals surface area contributed by atoms with Gasteiger partial charge in [0.05, 0.1) is 12.1 Å². The third-order valence-electron chi connectivity index (χ3n) is 4.25. The van der Waals surface area contributed by atoms with E-state index in [4.69, 9.17) is 25.7 Å². The van der Waals surface area contributed by atoms with Gasteiger partial charge in [-0.15, -0.1) is 0 Å². The predicted octanol–water partition coefficient (Wildman–Crippen LogP) is 2.46. The summed E-state index contributed by atoms with van der Waals surface area (Å²) in [7, 11) is 0. The van der Waals surface area contributed by atoms with Crippen molar-refractivity contribution in [2.24, 2.45) is 5.73 Å². The van der Waals surface area contributed by atoms with E-state index < -0.39 is 24.3 Å². The van der Waals surface area contributed by atoms with Crippen molar-refractivity contribution in [3.63, 3.8) is 0 Å². The van der Waals surface area contributed by atoms with Crippen LogP contribution >= 0.6 is 0 Å². The van der Waals surface area contributed by atoms with E-state index in [-0.39, 0.29) is 17.9 Å². The van der Waals surface area contributed by atoms with Crippen molar-refractivity contribution >= 4 is 23.6 Å². The molecule has 2 aromatic rings. The zero-order valence-electron chi connectivity index (χ0n) is 14.6. The average molecular weight is 369 g/mol. The number of nitrogen functional groups attached to an aromatic ring is 1. The number of carbonyl (C=O) groups is 2. The number of amides is 1. The Morgan fingerprint density at radius 1 is 1.30 bits per heavy atom. The lowest BCUT2D eigenvalue weighted by molar-refractivity contribution is 0.0577. The second-order valence-electron chi connectivity index (χ2n) is 6.15. The molecular formula is C19H19N3O5. The quantitative estimate of drug-likeness (QED) is 0.530. The molecule has 8 nitrogen and oxygen atoms in total. The van der Waals surface area contributed by atoms with E-state index in [1.807, 2.05) is 0 Å². The largest absolute Gasteiger partial charge is 0.487 e. The number of carbonyl (C=O) groups excluding carboxylic acids is 1. The van der Waals surface area contributed by atoms with Crippen LogP contribution in [0.15, 0.2) is 48.5 Å². The topological polar surface area (TPSA) is 126 Å². The number of hydrogen-bond donors (Lipinski definition) is 3. The van der Waals surface area contributed by atoms with Crippen LogP contribution in [0.2, 0.25) is 0 Å². The molecule has 0 spiro atoms. The first-order valence-electron chi connectivity index (χ1n) is 8.28. The van der Waals surface area contributed by atoms with E-state index in [1.165, 1.54) is 17.0 Å². The number of carboxylic acid groups (broad SMARTS) is 1. The number of nitrogens with one attached hydrogen (secondary N) is 1. The van der Waals surface area contributed by atoms with Crippen LogP contribution in [0.5, 0.6) is 5.75 Å². The second kappa shape index (κ2) is 7.36. The molecule has 2 unspecified atom stereocenters. The Morgan fingerprint density at radius 3 is 2.63 bits per heavy atom. The summed E-state index contributed by atoms with van der Waals surface area (Å²) < 4.78 is 11.2. The van der Waals surface area contributed by atoms with Gasteiger partial charge in [-0.3, -0.25) is 10.3 Å². The number of nitrogens with two attached hydrogens (primary N) is 1. The number of cyclic esters (lactones) is 1. The number of rotatable bonds is 6. The maximum absolute atomic E-state index is 12.2. The monoisotopic (exact) mass is 369 g/mol. The van der Waals surface area contributed by atoms with Gasteiger partial charge in [-0.05, 0) is 49.4 Å². The van der Waals surface area contributed by atoms with Crippen LogP contribution in [0.4, 0.5) is 10.5 Å². The van der Waals surface area contributed by atoms with E-state index in [0.717, 1.165) is 0 Å². The molecule has 1 saturated heterocycles. The van der Waals surface area contributed by atoms with E-state index in [1.54, 1.807) is 43.3 Å². The van der Waals surface area contributed by atoms with E-state index in [9.17, 15) is 9.59 Å². The van der Waals surface area contributed by atoms with Gasteiger partial charge < -0.3 is 20.3 Å². The molecule has 1 aliphatic rings. The number of carboxylic acids is 1. The second-order valence-corrected chi connectivity index (χ2v) is 6.15. The van der Waals surface area contributed by atoms with Gasteiger partial charge in [0.15, 0.2) is 6.10 Å². The molecule has 1 fully saturated rings. The number of benzene rings is 2. The molecule has 1 amide bonds. The lowest BCUT2D eigenvalue weighted by Gasteiger charge is -2.19. The molecule has 1 heterocycles. The summed E-state index contributed by atoms with van der Waals surface area (Å²) in [5.41, 5.74) is 6.75. The SMILES string of the molecule is CC(Oc1cccc(C(=O)O)c1)C1CN(c2ccc(C(=N)N)cc2)C(=O)O1. The Labute approximate surface area is 155 Å². The summed E-state index contributed by atoms with van der Waals surface area (Å²) in [5.74, 6) is -0.697. The first-order chi connectivity index (χ1) is 12.8. The average Bonchev–Trinajstić information content (AvgIpc) is 3.04. The highest BCUT2D eigenvalue weighted by Crippen LogP contribution is 2.25. The fourth-order valence-electron chi connectivity index (χ4n) is 2.75. The molecule has 0 radical (unpaired) electrons. The Balaban J connectivity index is 1.68. The normalized spacial score (nSPS) is 17.3. The van der Waals surface area contributed by atoms with Crippen LogP contribution in [-0.2, 0) is 4.74 Å². The van der Waals surface area contributed by atoms with Crippen LogP contribution in [0.3, 0.4) is 0 Å². The van der Waals surface area contributed by atoms with Crippen LogP contribution < -0.4 is 15.4 Å². The first-order valence-corrected chi connectivity index (χ1v) is 8.28. The van der Waals surface area contributed by atoms with E-state index in [2.05, 4.69) is 0 Å². The molecule has 8 heteroatoms. The molecule has 4 N–H and O–H groups in total. The summed E-state index contributed by atoms with van der Waals surface area (Å²) in [5, 5.41) is 16.5. The molecule has 3 rings (SSSR count). The molecular weight excluding hydrogens is 350 g/mol. The van der Waals surface area contributed by atoms with Gasteiger partial charge in [0.1, 0.15) is 17.7 Å². The van der Waals surface area contributed by atoms with Gasteiger partial charge in [0, 0.05) is 11.3 Å². The summed E-state index contributed by atoms with van der Waals surface area (Å²) >= 11 is 0. The van der Waals surface area contributed by atoms with Crippen molar-refractivity contribution in [1.29, 1.82) is 5.41 Å². The Hall–Kier alpha value is -3.55. The van der Waals surface area contributed by atoms with Gasteiger partial charge in [0.25, 0.3) is 0 Å². The molecule has 27 heavy (non-hydrogen) atoms. The van der Waals surface area contributed by atoms with E-state index in [0.29, 0.717) is 17.0 Å². The summed E-state index contributed by atoms with van der Waals surface area (Å²) in [4.78, 5) is 24.7. The molecule has 2 atom stereocenters. The maximum atomic E-state index is 12.2. The van der Waals surface area contributed by atoms with Gasteiger partial charge >= 0.3 is 12.1 Å². The lowest BCUT2D eigenvalue weighted by atomic mass is 10.1. The Kier molecular flexibility index (Phi) is 4.98. The van der Waals surface area contributed by atoms with Crippen molar-refractivity contribution in [2.45, 2.75) is 19.1 Å². The summed E-state index contributed by atoms with van der Waals surface area (Å²) in [6, 6.07) is 12.9. The van der Waals surface area contributed by atoms with Crippen molar-refractivity contribution in [1.82, 2.24) is 0 Å². The van der Waals surface area contributed by atoms with Gasteiger partial charge in [-0.25, -0.2) is 9.59 Å². The van der Waals surface area contributed by atoms with Crippen molar-refractivity contribution in [3.05, 3.63) is 59.7 Å². The van der Waals surface area contributed by atoms with E-state index >= 15 is 0 Å². The minimum atomic E-state index is -1.04. The van der Waals surface area contributed by atoms with Crippen molar-refractivity contribution in [2.75, 3.05) is 11.4 Å². The number of amidine groups is 1. The number of ether oxygens (including phenoxy) is 2. The Morgan fingerprint density at radius 2 is 2.00 bits per heavy atom. The summed E-state index contributed by atoms with van der Waals surface area (Å²) in [6.07, 6.45) is -1.48. The van der Waals surface area contributed by atoms with Gasteiger partial charge in [0.2, 0.25) is 0 Å². The first kappa shape index (κ1) is 18.2. The zero-order chi connectivity index (χ0) is 19.6. The highest BCUT2D eigenvalue weighted by molar-refractivity contribution is 5.96. The predicted molar refractivity (Wildman–Crippen MR) is 98.6 cm³/mol. The Bertz CT molecular complexity index is 881. The smallest absolute Gasteiger partial charge is 0.414 e. The maximum Gasteiger partial charge on any atom is 0.414 e. The highest BCUT2D eigenvalue weighted by atomic mass is 16.6. The van der Waals surface area contributed by atoms with Crippen LogP contribution in [-0.4, -0.2) is 41.8 Å². The minimum Gasteiger partial charge on any atom is -0.487 e. The van der Waals surface area contributed by atoms with Gasteiger partial charge in [-0.2, -0.15) is 0 Å². The minimum absolute atomic E-state index is 0.0472. The third kappa shape index (κ3) is 4.00.